The van der Waals surface area contributed by atoms with E-state index in [0.29, 0.717) is 55.6 Å². The van der Waals surface area contributed by atoms with Crippen LogP contribution in [0.25, 0.3) is 70.1 Å². The average Bonchev–Trinajstić information content (AvgIpc) is 4.03. The fourth-order valence-corrected chi connectivity index (χ4v) is 8.06. The molecule has 0 aliphatic rings. The first-order chi connectivity index (χ1) is 27.8. The normalized spacial score (nSPS) is 11.6. The SMILES string of the molecule is [C-]#[N+]c1c(F)c(F)c(C(=O)c2ccc(-c3nc4cc5cc6cc7oc(-c8ccc(C(=O)c9c(F)c(F)c(C#N)c(F)c9F)s8)nc7cc6cc5cc4o3)s2)c(F)c1F. The van der Waals surface area contributed by atoms with Gasteiger partial charge in [-0.2, -0.15) is 5.26 Å². The van der Waals surface area contributed by atoms with Crippen molar-refractivity contribution in [1.82, 2.24) is 9.97 Å². The molecule has 9 rings (SSSR count). The number of rotatable bonds is 6. The first-order valence-corrected chi connectivity index (χ1v) is 17.8. The predicted octanol–water partition coefficient (Wildman–Crippen LogP) is 11.7. The highest BCUT2D eigenvalue weighted by atomic mass is 32.1. The number of carbonyl (C=O) groups excluding carboxylic acids is 2. The first kappa shape index (κ1) is 36.4. The van der Waals surface area contributed by atoms with Gasteiger partial charge in [0.1, 0.15) is 28.2 Å². The van der Waals surface area contributed by atoms with Crippen molar-refractivity contribution < 1.29 is 53.5 Å². The van der Waals surface area contributed by atoms with Crippen LogP contribution in [0.2, 0.25) is 0 Å². The number of halogens is 8. The quantitative estimate of drug-likeness (QED) is 0.0539. The minimum absolute atomic E-state index is 0.0392. The van der Waals surface area contributed by atoms with Crippen LogP contribution in [0.1, 0.15) is 36.0 Å². The Balaban J connectivity index is 1.02. The zero-order chi connectivity index (χ0) is 40.9. The third kappa shape index (κ3) is 5.45. The Labute approximate surface area is 324 Å². The van der Waals surface area contributed by atoms with Crippen molar-refractivity contribution in [3.63, 3.8) is 0 Å². The highest BCUT2D eigenvalue weighted by molar-refractivity contribution is 7.17. The monoisotopic (exact) mass is 826 g/mol. The highest BCUT2D eigenvalue weighted by Crippen LogP contribution is 2.38. The third-order valence-corrected chi connectivity index (χ3v) is 11.2. The van der Waals surface area contributed by atoms with E-state index in [1.807, 2.05) is 12.1 Å². The number of nitriles is 1. The number of nitrogens with zero attached hydrogens (tertiary/aromatic N) is 4. The first-order valence-electron chi connectivity index (χ1n) is 16.2. The Morgan fingerprint density at radius 1 is 0.586 bits per heavy atom. The number of thiophene rings is 2. The van der Waals surface area contributed by atoms with E-state index in [-0.39, 0.29) is 31.3 Å². The second-order valence-corrected chi connectivity index (χ2v) is 14.6. The third-order valence-electron chi connectivity index (χ3n) is 9.07. The molecule has 0 bridgehead atoms. The van der Waals surface area contributed by atoms with Gasteiger partial charge >= 0.3 is 0 Å². The van der Waals surface area contributed by atoms with Crippen LogP contribution in [0, 0.1) is 64.4 Å². The van der Waals surface area contributed by atoms with Gasteiger partial charge in [-0.1, -0.05) is 0 Å². The summed E-state index contributed by atoms with van der Waals surface area (Å²) in [5.41, 5.74) is -4.50. The van der Waals surface area contributed by atoms with Crippen LogP contribution in [0.3, 0.4) is 0 Å². The molecule has 58 heavy (non-hydrogen) atoms. The number of hydrogen-bond acceptors (Lipinski definition) is 9. The van der Waals surface area contributed by atoms with Crippen molar-refractivity contribution in [2.45, 2.75) is 0 Å². The van der Waals surface area contributed by atoms with Gasteiger partial charge in [0.2, 0.25) is 23.3 Å². The summed E-state index contributed by atoms with van der Waals surface area (Å²) in [4.78, 5) is 37.3. The standard InChI is InChI=1S/C40H10F8N4O4S2/c1-50-36-34(47)32(45)27(33(46)35(36)48)38(54)23-3-5-25(58-23)40-52-19-9-14-7-15-10-20-18(8-13(15)6-16(14)11-21(19)56-40)51-39(55-20)24-4-2-22(57-24)37(53)26-30(43)28(41)17(12-49)29(42)31(26)44/h2-11H. The summed E-state index contributed by atoms with van der Waals surface area (Å²) in [6, 6.07) is 16.7. The Morgan fingerprint density at radius 3 is 1.38 bits per heavy atom. The van der Waals surface area contributed by atoms with Crippen LogP contribution in [-0.4, -0.2) is 21.5 Å². The van der Waals surface area contributed by atoms with Crippen LogP contribution < -0.4 is 0 Å². The smallest absolute Gasteiger partial charge is 0.262 e. The molecule has 0 unspecified atom stereocenters. The number of aromatic nitrogens is 2. The molecule has 0 saturated heterocycles. The van der Waals surface area contributed by atoms with Crippen LogP contribution in [0.4, 0.5) is 40.8 Å². The molecule has 0 spiro atoms. The number of oxazole rings is 2. The van der Waals surface area contributed by atoms with E-state index in [1.165, 1.54) is 24.3 Å². The van der Waals surface area contributed by atoms with Crippen molar-refractivity contribution in [3.8, 4) is 27.6 Å². The van der Waals surface area contributed by atoms with Gasteiger partial charge in [-0.15, -0.1) is 22.7 Å². The molecule has 0 saturated carbocycles. The van der Waals surface area contributed by atoms with E-state index in [2.05, 4.69) is 14.8 Å². The molecule has 8 nitrogen and oxygen atoms in total. The Bertz CT molecular complexity index is 3060. The zero-order valence-electron chi connectivity index (χ0n) is 28.0. The van der Waals surface area contributed by atoms with Gasteiger partial charge in [0.25, 0.3) is 5.69 Å². The molecule has 282 valence electrons. The van der Waals surface area contributed by atoms with Gasteiger partial charge in [-0.05, 0) is 82.2 Å². The van der Waals surface area contributed by atoms with Crippen molar-refractivity contribution in [1.29, 1.82) is 5.26 Å². The van der Waals surface area contributed by atoms with Crippen molar-refractivity contribution in [3.05, 3.63) is 145 Å². The van der Waals surface area contributed by atoms with E-state index in [9.17, 15) is 44.7 Å². The van der Waals surface area contributed by atoms with E-state index in [4.69, 9.17) is 20.7 Å². The molecule has 4 aromatic heterocycles. The molecule has 0 amide bonds. The van der Waals surface area contributed by atoms with E-state index in [1.54, 1.807) is 24.3 Å². The Morgan fingerprint density at radius 2 is 0.983 bits per heavy atom. The van der Waals surface area contributed by atoms with E-state index < -0.39 is 80.5 Å². The van der Waals surface area contributed by atoms with Gasteiger partial charge < -0.3 is 8.83 Å². The topological polar surface area (TPSA) is 114 Å². The fraction of sp³-hybridized carbons (Fsp3) is 0. The van der Waals surface area contributed by atoms with E-state index >= 15 is 0 Å². The van der Waals surface area contributed by atoms with Gasteiger partial charge in [-0.25, -0.2) is 49.9 Å². The lowest BCUT2D eigenvalue weighted by Crippen LogP contribution is -2.12. The summed E-state index contributed by atoms with van der Waals surface area (Å²) >= 11 is 1.42. The fourth-order valence-electron chi connectivity index (χ4n) is 6.30. The van der Waals surface area contributed by atoms with Gasteiger partial charge in [-0.3, -0.25) is 9.59 Å². The lowest BCUT2D eigenvalue weighted by molar-refractivity contribution is 0.102. The molecule has 0 N–H and O–H groups in total. The highest BCUT2D eigenvalue weighted by Gasteiger charge is 2.32. The molecule has 0 fully saturated rings. The van der Waals surface area contributed by atoms with E-state index in [0.717, 1.165) is 16.8 Å². The maximum atomic E-state index is 14.6. The summed E-state index contributed by atoms with van der Waals surface area (Å²) in [6.45, 7) is 6.76. The minimum atomic E-state index is -2.00. The van der Waals surface area contributed by atoms with Crippen molar-refractivity contribution in [2.75, 3.05) is 0 Å². The van der Waals surface area contributed by atoms with Gasteiger partial charge in [0.15, 0.2) is 57.7 Å². The van der Waals surface area contributed by atoms with Gasteiger partial charge in [0, 0.05) is 0 Å². The summed E-state index contributed by atoms with van der Waals surface area (Å²) in [7, 11) is 0. The second kappa shape index (κ2) is 13.2. The van der Waals surface area contributed by atoms with Gasteiger partial charge in [0.05, 0.1) is 31.6 Å². The number of ketones is 2. The van der Waals surface area contributed by atoms with Crippen LogP contribution >= 0.6 is 22.7 Å². The number of benzene rings is 5. The molecule has 0 atom stereocenters. The molecule has 4 heterocycles. The second-order valence-electron chi connectivity index (χ2n) is 12.4. The summed E-state index contributed by atoms with van der Waals surface area (Å²) < 4.78 is 127. The number of carbonyl (C=O) groups is 2. The predicted molar refractivity (Wildman–Crippen MR) is 194 cm³/mol. The van der Waals surface area contributed by atoms with Crippen molar-refractivity contribution >= 4 is 83.7 Å². The molecular formula is C40H10F8N4O4S2. The van der Waals surface area contributed by atoms with Crippen LogP contribution in [0.5, 0.6) is 0 Å². The Hall–Kier alpha value is -7.28. The molecule has 0 radical (unpaired) electrons. The maximum absolute atomic E-state index is 14.6. The minimum Gasteiger partial charge on any atom is -0.435 e. The molecule has 9 aromatic rings. The lowest BCUT2D eigenvalue weighted by Gasteiger charge is -2.07. The average molecular weight is 827 g/mol. The summed E-state index contributed by atoms with van der Waals surface area (Å²) in [5.74, 6) is -18.5. The summed E-state index contributed by atoms with van der Waals surface area (Å²) in [5, 5.41) is 11.7. The molecule has 18 heteroatoms. The van der Waals surface area contributed by atoms with Crippen molar-refractivity contribution in [2.24, 2.45) is 0 Å². The molecular weight excluding hydrogens is 817 g/mol. The zero-order valence-corrected chi connectivity index (χ0v) is 29.7. The number of hydrogen-bond donors (Lipinski definition) is 0. The largest absolute Gasteiger partial charge is 0.435 e. The maximum Gasteiger partial charge on any atom is 0.262 e. The van der Waals surface area contributed by atoms with Crippen LogP contribution in [0.15, 0.2) is 69.5 Å². The van der Waals surface area contributed by atoms with Crippen LogP contribution in [-0.2, 0) is 0 Å². The lowest BCUT2D eigenvalue weighted by atomic mass is 10.0. The molecule has 0 aliphatic carbocycles. The Kier molecular flexibility index (Phi) is 8.25. The molecule has 5 aromatic carbocycles. The molecule has 0 aliphatic heterocycles. The number of fused-ring (bicyclic) bond motifs is 4. The summed E-state index contributed by atoms with van der Waals surface area (Å²) in [6.07, 6.45) is 0.